The fourth-order valence-corrected chi connectivity index (χ4v) is 2.64. The zero-order valence-electron chi connectivity index (χ0n) is 9.23. The van der Waals surface area contributed by atoms with Gasteiger partial charge in [-0.1, -0.05) is 0 Å². The number of carbonyl (C=O) groups excluding carboxylic acids is 1. The minimum absolute atomic E-state index is 0.146. The lowest BCUT2D eigenvalue weighted by atomic mass is 10.1. The molecule has 2 N–H and O–H groups in total. The molecule has 1 fully saturated rings. The van der Waals surface area contributed by atoms with Crippen LogP contribution < -0.4 is 10.2 Å². The third-order valence-corrected chi connectivity index (χ3v) is 3.90. The molecule has 1 aliphatic rings. The minimum Gasteiger partial charge on any atom is -0.380 e. The highest BCUT2D eigenvalue weighted by Gasteiger charge is 2.32. The van der Waals surface area contributed by atoms with Crippen molar-refractivity contribution >= 4 is 16.0 Å². The van der Waals surface area contributed by atoms with Gasteiger partial charge in [0.05, 0.1) is 11.4 Å². The molecule has 0 aromatic rings. The fourth-order valence-electron chi connectivity index (χ4n) is 1.47. The van der Waals surface area contributed by atoms with Crippen molar-refractivity contribution in [3.8, 4) is 0 Å². The zero-order chi connectivity index (χ0) is 12.2. The van der Waals surface area contributed by atoms with E-state index in [2.05, 4.69) is 10.2 Å². The van der Waals surface area contributed by atoms with Crippen LogP contribution in [0.3, 0.4) is 0 Å². The molecule has 0 aromatic carbocycles. The largest absolute Gasteiger partial charge is 0.380 e. The summed E-state index contributed by atoms with van der Waals surface area (Å²) in [7, 11) is -2.13. The second kappa shape index (κ2) is 5.58. The summed E-state index contributed by atoms with van der Waals surface area (Å²) in [5.41, 5.74) is 0. The molecule has 1 rings (SSSR count). The van der Waals surface area contributed by atoms with E-state index < -0.39 is 21.2 Å². The fraction of sp³-hybridized carbons (Fsp3) is 0.875. The highest BCUT2D eigenvalue weighted by molar-refractivity contribution is 7.90. The van der Waals surface area contributed by atoms with Crippen molar-refractivity contribution in [3.63, 3.8) is 0 Å². The Labute approximate surface area is 94.5 Å². The van der Waals surface area contributed by atoms with Crippen LogP contribution in [0.4, 0.5) is 0 Å². The minimum atomic E-state index is -3.66. The van der Waals surface area contributed by atoms with Gasteiger partial charge in [-0.25, -0.2) is 8.42 Å². The smallest absolute Gasteiger partial charge is 0.323 e. The van der Waals surface area contributed by atoms with Crippen LogP contribution in [-0.2, 0) is 24.4 Å². The van der Waals surface area contributed by atoms with Gasteiger partial charge in [0.2, 0.25) is 10.0 Å². The van der Waals surface area contributed by atoms with Crippen LogP contribution in [0.25, 0.3) is 0 Å². The van der Waals surface area contributed by atoms with Crippen LogP contribution in [0.5, 0.6) is 0 Å². The second-order valence-electron chi connectivity index (χ2n) is 3.60. The van der Waals surface area contributed by atoms with Crippen molar-refractivity contribution < 1.29 is 22.8 Å². The van der Waals surface area contributed by atoms with E-state index in [1.165, 1.54) is 7.11 Å². The van der Waals surface area contributed by atoms with Crippen LogP contribution in [0.2, 0.25) is 0 Å². The van der Waals surface area contributed by atoms with Gasteiger partial charge < -0.3 is 14.9 Å². The summed E-state index contributed by atoms with van der Waals surface area (Å²) in [6, 6.07) is 0. The zero-order valence-corrected chi connectivity index (χ0v) is 10.0. The number of hydrogen-bond donors (Lipinski definition) is 2. The molecular weight excluding hydrogens is 236 g/mol. The Morgan fingerprint density at radius 3 is 2.69 bits per heavy atom. The predicted molar refractivity (Wildman–Crippen MR) is 55.9 cm³/mol. The number of sulfonamides is 1. The molecule has 1 aliphatic heterocycles. The van der Waals surface area contributed by atoms with Crippen LogP contribution in [0, 0.1) is 0 Å². The molecular formula is C8H16N2O5S. The molecule has 7 nitrogen and oxygen atoms in total. The maximum atomic E-state index is 11.7. The molecule has 8 heteroatoms. The van der Waals surface area contributed by atoms with Crippen molar-refractivity contribution in [2.75, 3.05) is 20.2 Å². The third-order valence-electron chi connectivity index (χ3n) is 2.34. The van der Waals surface area contributed by atoms with Crippen LogP contribution in [0.1, 0.15) is 13.3 Å². The van der Waals surface area contributed by atoms with Gasteiger partial charge in [0.15, 0.2) is 0 Å². The number of carbonyl (C=O) groups is 1. The van der Waals surface area contributed by atoms with Crippen molar-refractivity contribution in [1.29, 1.82) is 0 Å². The van der Waals surface area contributed by atoms with E-state index >= 15 is 0 Å². The first-order chi connectivity index (χ1) is 7.45. The van der Waals surface area contributed by atoms with Crippen molar-refractivity contribution in [3.05, 3.63) is 0 Å². The lowest BCUT2D eigenvalue weighted by Gasteiger charge is -2.28. The monoisotopic (exact) mass is 252 g/mol. The molecule has 16 heavy (non-hydrogen) atoms. The van der Waals surface area contributed by atoms with Crippen molar-refractivity contribution in [2.24, 2.45) is 0 Å². The summed E-state index contributed by atoms with van der Waals surface area (Å²) < 4.78 is 28.4. The summed E-state index contributed by atoms with van der Waals surface area (Å²) in [5, 5.41) is 2.28. The number of piperidine rings is 1. The van der Waals surface area contributed by atoms with E-state index in [0.29, 0.717) is 19.5 Å². The van der Waals surface area contributed by atoms with E-state index in [9.17, 15) is 13.2 Å². The quantitative estimate of drug-likeness (QED) is 0.608. The molecule has 0 radical (unpaired) electrons. The average Bonchev–Trinajstić information content (AvgIpc) is 2.27. The average molecular weight is 252 g/mol. The third kappa shape index (κ3) is 3.71. The van der Waals surface area contributed by atoms with Gasteiger partial charge in [0.1, 0.15) is 0 Å². The lowest BCUT2D eigenvalue weighted by Crippen LogP contribution is -2.49. The molecule has 0 saturated carbocycles. The Balaban J connectivity index is 2.57. The first kappa shape index (κ1) is 13.4. The van der Waals surface area contributed by atoms with Gasteiger partial charge in [-0.2, -0.15) is 0 Å². The second-order valence-corrected chi connectivity index (χ2v) is 5.52. The van der Waals surface area contributed by atoms with E-state index in [4.69, 9.17) is 4.74 Å². The standard InChI is InChI=1S/C8H16N2O5S/c1-6(11)15-10-16(12,13)8-3-7(14-2)4-9-5-8/h7-10H,3-5H2,1-2H3. The van der Waals surface area contributed by atoms with Crippen LogP contribution in [0.15, 0.2) is 0 Å². The van der Waals surface area contributed by atoms with Gasteiger partial charge >= 0.3 is 5.97 Å². The molecule has 2 unspecified atom stereocenters. The summed E-state index contributed by atoms with van der Waals surface area (Å²) in [4.78, 5) is 16.6. The van der Waals surface area contributed by atoms with E-state index in [-0.39, 0.29) is 6.10 Å². The van der Waals surface area contributed by atoms with E-state index in [0.717, 1.165) is 6.92 Å². The molecule has 94 valence electrons. The first-order valence-corrected chi connectivity index (χ1v) is 6.42. The Bertz CT molecular complexity index is 342. The van der Waals surface area contributed by atoms with Gasteiger partial charge in [0, 0.05) is 27.1 Å². The number of methoxy groups -OCH3 is 1. The highest BCUT2D eigenvalue weighted by Crippen LogP contribution is 2.13. The summed E-state index contributed by atoms with van der Waals surface area (Å²) >= 11 is 0. The highest BCUT2D eigenvalue weighted by atomic mass is 32.2. The van der Waals surface area contributed by atoms with Crippen LogP contribution in [-0.4, -0.2) is 45.9 Å². The maximum absolute atomic E-state index is 11.7. The number of ether oxygens (including phenoxy) is 1. The Morgan fingerprint density at radius 1 is 1.44 bits per heavy atom. The number of nitrogens with one attached hydrogen (secondary N) is 2. The topological polar surface area (TPSA) is 93.7 Å². The molecule has 0 aliphatic carbocycles. The van der Waals surface area contributed by atoms with Gasteiger partial charge in [-0.05, 0) is 11.3 Å². The van der Waals surface area contributed by atoms with E-state index in [1.54, 1.807) is 4.89 Å². The predicted octanol–water partition coefficient (Wildman–Crippen LogP) is -1.24. The molecule has 1 heterocycles. The lowest BCUT2D eigenvalue weighted by molar-refractivity contribution is -0.144. The Morgan fingerprint density at radius 2 is 2.12 bits per heavy atom. The molecule has 2 atom stereocenters. The molecule has 0 bridgehead atoms. The summed E-state index contributed by atoms with van der Waals surface area (Å²) in [5.74, 6) is -0.698. The maximum Gasteiger partial charge on any atom is 0.323 e. The molecule has 0 amide bonds. The molecule has 1 saturated heterocycles. The van der Waals surface area contributed by atoms with Gasteiger partial charge in [0.25, 0.3) is 0 Å². The molecule has 0 spiro atoms. The number of rotatable bonds is 4. The SMILES string of the molecule is COC1CNCC(S(=O)(=O)NOC(C)=O)C1. The molecule has 0 aromatic heterocycles. The van der Waals surface area contributed by atoms with Gasteiger partial charge in [-0.15, -0.1) is 0 Å². The van der Waals surface area contributed by atoms with E-state index in [1.807, 2.05) is 0 Å². The normalized spacial score (nSPS) is 26.4. The number of hydrogen-bond acceptors (Lipinski definition) is 6. The van der Waals surface area contributed by atoms with Crippen molar-refractivity contribution in [1.82, 2.24) is 10.2 Å². The summed E-state index contributed by atoms with van der Waals surface area (Å²) in [6.45, 7) is 2.06. The first-order valence-electron chi connectivity index (χ1n) is 4.87. The van der Waals surface area contributed by atoms with Crippen molar-refractivity contribution in [2.45, 2.75) is 24.7 Å². The summed E-state index contributed by atoms with van der Waals surface area (Å²) in [6.07, 6.45) is 0.229. The Hall–Kier alpha value is -0.700. The van der Waals surface area contributed by atoms with Crippen LogP contribution >= 0.6 is 0 Å². The van der Waals surface area contributed by atoms with Gasteiger partial charge in [-0.3, -0.25) is 4.79 Å². The Kier molecular flexibility index (Phi) is 4.66.